The van der Waals surface area contributed by atoms with Gasteiger partial charge >= 0.3 is 6.18 Å². The van der Waals surface area contributed by atoms with E-state index in [2.05, 4.69) is 30.5 Å². The maximum atomic E-state index is 13.5. The number of hydrogen-bond acceptors (Lipinski definition) is 7. The maximum absolute atomic E-state index is 13.5. The van der Waals surface area contributed by atoms with Gasteiger partial charge in [-0.3, -0.25) is 14.4 Å². The van der Waals surface area contributed by atoms with Gasteiger partial charge in [0.1, 0.15) is 22.1 Å². The molecule has 2 aromatic heterocycles. The van der Waals surface area contributed by atoms with E-state index in [1.807, 2.05) is 34.7 Å². The third-order valence-corrected chi connectivity index (χ3v) is 10.4. The van der Waals surface area contributed by atoms with Gasteiger partial charge in [-0.05, 0) is 70.0 Å². The highest BCUT2D eigenvalue weighted by atomic mass is 79.9. The van der Waals surface area contributed by atoms with Crippen molar-refractivity contribution in [3.63, 3.8) is 0 Å². The molecule has 5 aromatic rings. The topological polar surface area (TPSA) is 106 Å². The Bertz CT molecular complexity index is 2070. The van der Waals surface area contributed by atoms with Crippen molar-refractivity contribution in [3.8, 4) is 17.4 Å². The molecule has 0 aliphatic carbocycles. The number of sulfonamides is 1. The number of carbonyl (C=O) groups excluding carboxylic acids is 1. The van der Waals surface area contributed by atoms with Crippen molar-refractivity contribution in [2.75, 3.05) is 37.5 Å². The predicted octanol–water partition coefficient (Wildman–Crippen LogP) is 6.83. The Kier molecular flexibility index (Phi) is 9.86. The van der Waals surface area contributed by atoms with Crippen molar-refractivity contribution < 1.29 is 35.9 Å². The van der Waals surface area contributed by atoms with Crippen LogP contribution in [-0.4, -0.2) is 72.6 Å². The summed E-state index contributed by atoms with van der Waals surface area (Å²) in [6, 6.07) is 23.5. The Morgan fingerprint density at radius 3 is 2.33 bits per heavy atom. The first-order valence-electron chi connectivity index (χ1n) is 15.2. The minimum Gasteiger partial charge on any atom is -0.484 e. The van der Waals surface area contributed by atoms with Crippen LogP contribution >= 0.6 is 15.9 Å². The number of hydrogen-bond donors (Lipinski definition) is 1. The first-order valence-corrected chi connectivity index (χ1v) is 17.4. The Hall–Kier alpha value is -4.60. The van der Waals surface area contributed by atoms with Crippen molar-refractivity contribution in [2.45, 2.75) is 17.6 Å². The monoisotopic (exact) mass is 757 g/mol. The van der Waals surface area contributed by atoms with Crippen molar-refractivity contribution in [2.24, 2.45) is 7.05 Å². The van der Waals surface area contributed by atoms with Crippen LogP contribution in [0.4, 0.5) is 18.9 Å². The second-order valence-electron chi connectivity index (χ2n) is 11.4. The number of nitrogens with zero attached hydrogens (tertiary/aromatic N) is 4. The molecule has 0 spiro atoms. The molecule has 0 unspecified atom stereocenters. The molecule has 1 fully saturated rings. The average Bonchev–Trinajstić information content (AvgIpc) is 3.40. The van der Waals surface area contributed by atoms with Crippen molar-refractivity contribution in [3.05, 3.63) is 107 Å². The zero-order chi connectivity index (χ0) is 34.8. The highest BCUT2D eigenvalue weighted by molar-refractivity contribution is 9.10. The van der Waals surface area contributed by atoms with E-state index >= 15 is 0 Å². The highest BCUT2D eigenvalue weighted by Crippen LogP contribution is 2.29. The summed E-state index contributed by atoms with van der Waals surface area (Å²) in [5, 5.41) is 0.865. The number of aromatic nitrogens is 2. The average molecular weight is 759 g/mol. The molecule has 3 heterocycles. The van der Waals surface area contributed by atoms with E-state index in [1.165, 1.54) is 24.4 Å². The number of anilines is 1. The van der Waals surface area contributed by atoms with Gasteiger partial charge in [-0.1, -0.05) is 24.3 Å². The fourth-order valence-electron chi connectivity index (χ4n) is 5.46. The summed E-state index contributed by atoms with van der Waals surface area (Å²) in [6.07, 6.45) is -3.02. The third kappa shape index (κ3) is 8.35. The minimum absolute atomic E-state index is 0.0887. The normalized spacial score (nSPS) is 14.2. The molecular formula is C34H31BrF3N5O5S. The molecule has 0 saturated carbocycles. The molecule has 49 heavy (non-hydrogen) atoms. The molecular weight excluding hydrogens is 727 g/mol. The van der Waals surface area contributed by atoms with Crippen LogP contribution < -0.4 is 14.2 Å². The summed E-state index contributed by atoms with van der Waals surface area (Å²) >= 11 is 3.26. The van der Waals surface area contributed by atoms with Crippen LogP contribution in [-0.2, 0) is 23.6 Å². The largest absolute Gasteiger partial charge is 0.484 e. The quantitative estimate of drug-likeness (QED) is 0.167. The first-order chi connectivity index (χ1) is 23.3. The number of rotatable bonds is 10. The molecule has 1 aliphatic rings. The first kappa shape index (κ1) is 34.3. The molecule has 256 valence electrons. The number of halogens is 4. The van der Waals surface area contributed by atoms with Crippen molar-refractivity contribution in [1.29, 1.82) is 0 Å². The zero-order valence-electron chi connectivity index (χ0n) is 26.2. The van der Waals surface area contributed by atoms with Gasteiger partial charge in [0.15, 0.2) is 6.61 Å². The van der Waals surface area contributed by atoms with Crippen LogP contribution in [0.1, 0.15) is 16.1 Å². The smallest absolute Gasteiger partial charge is 0.422 e. The van der Waals surface area contributed by atoms with E-state index in [0.29, 0.717) is 48.6 Å². The summed E-state index contributed by atoms with van der Waals surface area (Å²) < 4.78 is 78.3. The number of alkyl halides is 3. The molecule has 6 rings (SSSR count). The molecule has 0 bridgehead atoms. The van der Waals surface area contributed by atoms with E-state index in [9.17, 15) is 26.4 Å². The Morgan fingerprint density at radius 2 is 1.65 bits per heavy atom. The lowest BCUT2D eigenvalue weighted by Crippen LogP contribution is -2.48. The van der Waals surface area contributed by atoms with Gasteiger partial charge in [-0.25, -0.2) is 13.4 Å². The zero-order valence-corrected chi connectivity index (χ0v) is 28.6. The molecule has 1 N–H and O–H groups in total. The number of piperazine rings is 1. The number of fused-ring (bicyclic) bond motifs is 1. The number of pyridine rings is 1. The van der Waals surface area contributed by atoms with Gasteiger partial charge in [0.2, 0.25) is 5.88 Å². The van der Waals surface area contributed by atoms with Gasteiger partial charge in [0.05, 0.1) is 17.4 Å². The predicted molar refractivity (Wildman–Crippen MR) is 181 cm³/mol. The lowest BCUT2D eigenvalue weighted by Gasteiger charge is -2.34. The molecule has 1 aliphatic heterocycles. The maximum Gasteiger partial charge on any atom is 0.422 e. The lowest BCUT2D eigenvalue weighted by molar-refractivity contribution is -0.153. The molecule has 1 saturated heterocycles. The van der Waals surface area contributed by atoms with Crippen LogP contribution in [0.5, 0.6) is 17.4 Å². The summed E-state index contributed by atoms with van der Waals surface area (Å²) in [7, 11) is -2.00. The Labute approximate surface area is 289 Å². The Balaban J connectivity index is 1.04. The Morgan fingerprint density at radius 1 is 0.939 bits per heavy atom. The second-order valence-corrected chi connectivity index (χ2v) is 14.0. The third-order valence-electron chi connectivity index (χ3n) is 7.96. The van der Waals surface area contributed by atoms with Gasteiger partial charge in [-0.2, -0.15) is 13.2 Å². The molecule has 0 radical (unpaired) electrons. The fraction of sp³-hybridized carbons (Fsp3) is 0.235. The van der Waals surface area contributed by atoms with Crippen LogP contribution in [0.15, 0.2) is 100 Å². The number of aryl methyl sites for hydroxylation is 1. The van der Waals surface area contributed by atoms with E-state index in [1.54, 1.807) is 48.5 Å². The SMILES string of the molecule is Cn1c(C(=O)N2CCN(Cc3ccc(OCC(F)(F)F)cc3)CC2)cc2ccc(Oc3ccc(NS(=O)(=O)c4ccccc4Br)cn3)cc21. The summed E-state index contributed by atoms with van der Waals surface area (Å²) in [5.74, 6) is 0.832. The molecule has 1 amide bonds. The van der Waals surface area contributed by atoms with Crippen LogP contribution in [0, 0.1) is 0 Å². The van der Waals surface area contributed by atoms with Crippen molar-refractivity contribution in [1.82, 2.24) is 19.4 Å². The van der Waals surface area contributed by atoms with Gasteiger partial charge in [-0.15, -0.1) is 0 Å². The van der Waals surface area contributed by atoms with Gasteiger partial charge in [0, 0.05) is 61.8 Å². The second kappa shape index (κ2) is 14.1. The molecule has 3 aromatic carbocycles. The minimum atomic E-state index is -4.39. The number of benzene rings is 3. The van der Waals surface area contributed by atoms with Crippen LogP contribution in [0.2, 0.25) is 0 Å². The number of nitrogens with one attached hydrogen (secondary N) is 1. The van der Waals surface area contributed by atoms with E-state index in [0.717, 1.165) is 16.5 Å². The summed E-state index contributed by atoms with van der Waals surface area (Å²) in [4.78, 5) is 21.9. The molecule has 0 atom stereocenters. The summed E-state index contributed by atoms with van der Waals surface area (Å²) in [5.41, 5.74) is 2.55. The van der Waals surface area contributed by atoms with Crippen LogP contribution in [0.25, 0.3) is 10.9 Å². The number of carbonyl (C=O) groups is 1. The van der Waals surface area contributed by atoms with Crippen LogP contribution in [0.3, 0.4) is 0 Å². The lowest BCUT2D eigenvalue weighted by atomic mass is 10.2. The van der Waals surface area contributed by atoms with Crippen molar-refractivity contribution >= 4 is 48.5 Å². The van der Waals surface area contributed by atoms with E-state index in [4.69, 9.17) is 9.47 Å². The number of ether oxygens (including phenoxy) is 2. The fourth-order valence-corrected chi connectivity index (χ4v) is 7.51. The number of amides is 1. The van der Waals surface area contributed by atoms with E-state index < -0.39 is 22.8 Å². The highest BCUT2D eigenvalue weighted by Gasteiger charge is 2.28. The van der Waals surface area contributed by atoms with E-state index in [-0.39, 0.29) is 28.1 Å². The molecule has 10 nitrogen and oxygen atoms in total. The molecule has 15 heteroatoms. The van der Waals surface area contributed by atoms with Gasteiger partial charge < -0.3 is 18.9 Å². The van der Waals surface area contributed by atoms with Gasteiger partial charge in [0.25, 0.3) is 15.9 Å². The summed E-state index contributed by atoms with van der Waals surface area (Å²) in [6.45, 7) is 1.64. The standard InChI is InChI=1S/C34H31BrF3N5O5S/c1-41-29-19-27(48-32-13-9-25(20-39-32)40-49(45,46)31-5-3-2-4-28(31)35)12-8-24(29)18-30(41)33(44)43-16-14-42(15-17-43)21-23-6-10-26(11-7-23)47-22-34(36,37)38/h2-13,18-20,40H,14-17,21-22H2,1H3.